The summed E-state index contributed by atoms with van der Waals surface area (Å²) < 4.78 is 10.3. The molecule has 2 aromatic rings. The predicted molar refractivity (Wildman–Crippen MR) is 70.5 cm³/mol. The van der Waals surface area contributed by atoms with Gasteiger partial charge in [-0.05, 0) is 31.2 Å². The van der Waals surface area contributed by atoms with Crippen molar-refractivity contribution in [3.63, 3.8) is 0 Å². The standard InChI is InChI=1S/C15H11NO3/c1-10-4-2-5-11(8-10)14-16-13(15(17)19-14)9-12-6-3-7-18-12/h2-9H,1H3/b13-9-. The summed E-state index contributed by atoms with van der Waals surface area (Å²) in [7, 11) is 0. The lowest BCUT2D eigenvalue weighted by molar-refractivity contribution is -0.129. The van der Waals surface area contributed by atoms with Crippen LogP contribution in [-0.4, -0.2) is 11.9 Å². The molecule has 0 amide bonds. The van der Waals surface area contributed by atoms with E-state index in [1.54, 1.807) is 18.2 Å². The molecule has 1 aromatic heterocycles. The molecule has 94 valence electrons. The lowest BCUT2D eigenvalue weighted by Crippen LogP contribution is -2.05. The molecule has 4 nitrogen and oxygen atoms in total. The van der Waals surface area contributed by atoms with E-state index in [1.807, 2.05) is 31.2 Å². The van der Waals surface area contributed by atoms with E-state index in [4.69, 9.17) is 9.15 Å². The first-order chi connectivity index (χ1) is 9.22. The molecule has 0 atom stereocenters. The Kier molecular flexibility index (Phi) is 2.76. The first-order valence-electron chi connectivity index (χ1n) is 5.85. The fourth-order valence-electron chi connectivity index (χ4n) is 1.82. The summed E-state index contributed by atoms with van der Waals surface area (Å²) in [4.78, 5) is 15.9. The van der Waals surface area contributed by atoms with E-state index in [0.717, 1.165) is 11.1 Å². The van der Waals surface area contributed by atoms with E-state index in [0.29, 0.717) is 11.7 Å². The van der Waals surface area contributed by atoms with Crippen molar-refractivity contribution >= 4 is 17.9 Å². The highest BCUT2D eigenvalue weighted by Gasteiger charge is 2.24. The van der Waals surface area contributed by atoms with Gasteiger partial charge in [-0.25, -0.2) is 9.79 Å². The van der Waals surface area contributed by atoms with E-state index in [9.17, 15) is 4.79 Å². The molecule has 4 heteroatoms. The van der Waals surface area contributed by atoms with Crippen molar-refractivity contribution in [2.45, 2.75) is 6.92 Å². The van der Waals surface area contributed by atoms with Gasteiger partial charge in [-0.1, -0.05) is 17.7 Å². The summed E-state index contributed by atoms with van der Waals surface area (Å²) in [6, 6.07) is 11.1. The van der Waals surface area contributed by atoms with Gasteiger partial charge in [0.15, 0.2) is 5.70 Å². The summed E-state index contributed by atoms with van der Waals surface area (Å²) in [6.07, 6.45) is 3.10. The van der Waals surface area contributed by atoms with Crippen LogP contribution in [0.5, 0.6) is 0 Å². The number of carbonyl (C=O) groups excluding carboxylic acids is 1. The lowest BCUT2D eigenvalue weighted by Gasteiger charge is -1.99. The highest BCUT2D eigenvalue weighted by molar-refractivity contribution is 6.12. The normalized spacial score (nSPS) is 16.6. The highest BCUT2D eigenvalue weighted by atomic mass is 16.6. The molecular formula is C15H11NO3. The Morgan fingerprint density at radius 1 is 1.21 bits per heavy atom. The molecule has 0 saturated heterocycles. The first kappa shape index (κ1) is 11.5. The number of hydrogen-bond donors (Lipinski definition) is 0. The smallest absolute Gasteiger partial charge is 0.363 e. The van der Waals surface area contributed by atoms with Gasteiger partial charge in [-0.3, -0.25) is 0 Å². The third-order valence-electron chi connectivity index (χ3n) is 2.71. The van der Waals surface area contributed by atoms with Crippen LogP contribution < -0.4 is 0 Å². The monoisotopic (exact) mass is 253 g/mol. The van der Waals surface area contributed by atoms with Crippen molar-refractivity contribution in [1.29, 1.82) is 0 Å². The SMILES string of the molecule is Cc1cccc(C2=N/C(=C\c3ccco3)C(=O)O2)c1. The maximum Gasteiger partial charge on any atom is 0.363 e. The van der Waals surface area contributed by atoms with Crippen molar-refractivity contribution in [2.75, 3.05) is 0 Å². The van der Waals surface area contributed by atoms with Crippen LogP contribution in [0.15, 0.2) is 57.8 Å². The van der Waals surface area contributed by atoms with Gasteiger partial charge in [0, 0.05) is 11.6 Å². The number of hydrogen-bond acceptors (Lipinski definition) is 4. The fraction of sp³-hybridized carbons (Fsp3) is 0.0667. The van der Waals surface area contributed by atoms with Gasteiger partial charge < -0.3 is 9.15 Å². The molecule has 19 heavy (non-hydrogen) atoms. The number of furan rings is 1. The lowest BCUT2D eigenvalue weighted by atomic mass is 10.1. The third kappa shape index (κ3) is 2.33. The van der Waals surface area contributed by atoms with Gasteiger partial charge in [0.25, 0.3) is 0 Å². The van der Waals surface area contributed by atoms with Gasteiger partial charge in [0.05, 0.1) is 6.26 Å². The second kappa shape index (κ2) is 4.57. The molecule has 1 aromatic carbocycles. The molecular weight excluding hydrogens is 242 g/mol. The second-order valence-electron chi connectivity index (χ2n) is 4.22. The number of ether oxygens (including phenoxy) is 1. The van der Waals surface area contributed by atoms with Crippen LogP contribution in [0, 0.1) is 6.92 Å². The second-order valence-corrected chi connectivity index (χ2v) is 4.22. The van der Waals surface area contributed by atoms with E-state index in [-0.39, 0.29) is 5.70 Å². The van der Waals surface area contributed by atoms with Crippen LogP contribution in [-0.2, 0) is 9.53 Å². The number of aryl methyl sites for hydroxylation is 1. The van der Waals surface area contributed by atoms with Gasteiger partial charge in [0.1, 0.15) is 5.76 Å². The van der Waals surface area contributed by atoms with Crippen LogP contribution >= 0.6 is 0 Å². The molecule has 0 aliphatic carbocycles. The van der Waals surface area contributed by atoms with Gasteiger partial charge in [-0.2, -0.15) is 0 Å². The van der Waals surface area contributed by atoms with E-state index < -0.39 is 5.97 Å². The Labute approximate surface area is 110 Å². The average molecular weight is 253 g/mol. The van der Waals surface area contributed by atoms with Gasteiger partial charge in [-0.15, -0.1) is 0 Å². The largest absolute Gasteiger partial charge is 0.465 e. The summed E-state index contributed by atoms with van der Waals surface area (Å²) >= 11 is 0. The van der Waals surface area contributed by atoms with Gasteiger partial charge in [0.2, 0.25) is 5.90 Å². The Balaban J connectivity index is 1.95. The molecule has 0 saturated carbocycles. The quantitative estimate of drug-likeness (QED) is 0.610. The van der Waals surface area contributed by atoms with E-state index in [2.05, 4.69) is 4.99 Å². The Bertz CT molecular complexity index is 681. The Morgan fingerprint density at radius 2 is 2.11 bits per heavy atom. The Hall–Kier alpha value is -2.62. The minimum atomic E-state index is -0.465. The minimum Gasteiger partial charge on any atom is -0.465 e. The molecule has 3 rings (SSSR count). The van der Waals surface area contributed by atoms with Crippen molar-refractivity contribution < 1.29 is 13.9 Å². The first-order valence-corrected chi connectivity index (χ1v) is 5.85. The molecule has 0 bridgehead atoms. The van der Waals surface area contributed by atoms with Crippen LogP contribution in [0.2, 0.25) is 0 Å². The van der Waals surface area contributed by atoms with Crippen LogP contribution in [0.25, 0.3) is 6.08 Å². The van der Waals surface area contributed by atoms with E-state index >= 15 is 0 Å². The maximum atomic E-state index is 11.7. The van der Waals surface area contributed by atoms with Gasteiger partial charge >= 0.3 is 5.97 Å². The fourth-order valence-corrected chi connectivity index (χ4v) is 1.82. The molecule has 0 unspecified atom stereocenters. The number of aliphatic imine (C=N–C) groups is 1. The molecule has 0 spiro atoms. The zero-order valence-electron chi connectivity index (χ0n) is 10.3. The summed E-state index contributed by atoms with van der Waals surface area (Å²) in [5.74, 6) is 0.431. The van der Waals surface area contributed by atoms with Crippen molar-refractivity contribution in [2.24, 2.45) is 4.99 Å². The highest BCUT2D eigenvalue weighted by Crippen LogP contribution is 2.19. The predicted octanol–water partition coefficient (Wildman–Crippen LogP) is 2.93. The average Bonchev–Trinajstić information content (AvgIpc) is 3.01. The summed E-state index contributed by atoms with van der Waals surface area (Å²) in [5, 5.41) is 0. The number of esters is 1. The number of nitrogens with zero attached hydrogens (tertiary/aromatic N) is 1. The zero-order valence-corrected chi connectivity index (χ0v) is 10.3. The number of cyclic esters (lactones) is 1. The van der Waals surface area contributed by atoms with Crippen LogP contribution in [0.3, 0.4) is 0 Å². The number of rotatable bonds is 2. The maximum absolute atomic E-state index is 11.7. The van der Waals surface area contributed by atoms with Crippen molar-refractivity contribution in [1.82, 2.24) is 0 Å². The summed E-state index contributed by atoms with van der Waals surface area (Å²) in [6.45, 7) is 1.97. The van der Waals surface area contributed by atoms with Crippen molar-refractivity contribution in [3.05, 3.63) is 65.2 Å². The Morgan fingerprint density at radius 3 is 2.84 bits per heavy atom. The molecule has 1 aliphatic heterocycles. The number of benzene rings is 1. The third-order valence-corrected chi connectivity index (χ3v) is 2.71. The zero-order chi connectivity index (χ0) is 13.2. The summed E-state index contributed by atoms with van der Waals surface area (Å²) in [5.41, 5.74) is 2.11. The topological polar surface area (TPSA) is 51.8 Å². The molecule has 0 fully saturated rings. The van der Waals surface area contributed by atoms with Crippen LogP contribution in [0.1, 0.15) is 16.9 Å². The number of carbonyl (C=O) groups is 1. The molecule has 1 aliphatic rings. The minimum absolute atomic E-state index is 0.242. The van der Waals surface area contributed by atoms with E-state index in [1.165, 1.54) is 6.26 Å². The van der Waals surface area contributed by atoms with Crippen LogP contribution in [0.4, 0.5) is 0 Å². The molecule has 2 heterocycles. The molecule has 0 radical (unpaired) electrons. The molecule has 0 N–H and O–H groups in total. The van der Waals surface area contributed by atoms with Crippen molar-refractivity contribution in [3.8, 4) is 0 Å².